The Morgan fingerprint density at radius 2 is 2.08 bits per heavy atom. The molecule has 1 atom stereocenters. The number of aromatic nitrogens is 3. The van der Waals surface area contributed by atoms with Crippen LogP contribution in [0.1, 0.15) is 59.2 Å². The molecule has 2 heterocycles. The van der Waals surface area contributed by atoms with Crippen LogP contribution in [0.4, 0.5) is 0 Å². The number of ether oxygens (including phenoxy) is 1. The molecule has 0 bridgehead atoms. The fourth-order valence-corrected chi connectivity index (χ4v) is 3.64. The summed E-state index contributed by atoms with van der Waals surface area (Å²) in [6, 6.07) is 5.75. The summed E-state index contributed by atoms with van der Waals surface area (Å²) in [5, 5.41) is 11.9. The molecule has 0 saturated heterocycles. The van der Waals surface area contributed by atoms with E-state index in [0.717, 1.165) is 48.8 Å². The molecule has 1 aromatic heterocycles. The molecule has 0 spiro atoms. The summed E-state index contributed by atoms with van der Waals surface area (Å²) in [6.45, 7) is 2.81. The Bertz CT molecular complexity index is 795. The number of benzene rings is 1. The molecule has 6 heteroatoms. The molecular formula is C19H24N4O2. The molecular weight excluding hydrogens is 316 g/mol. The fraction of sp³-hybridized carbons (Fsp3) is 0.526. The number of hydrogen-bond acceptors (Lipinski definition) is 4. The normalized spacial score (nSPS) is 19.8. The van der Waals surface area contributed by atoms with Crippen molar-refractivity contribution >= 4 is 5.91 Å². The lowest BCUT2D eigenvalue weighted by molar-refractivity contribution is 0.0932. The van der Waals surface area contributed by atoms with Crippen LogP contribution in [-0.2, 0) is 13.0 Å². The van der Waals surface area contributed by atoms with Gasteiger partial charge in [-0.3, -0.25) is 4.79 Å². The number of carbonyl (C=O) groups excluding carboxylic acids is 1. The topological polar surface area (TPSA) is 69.0 Å². The highest BCUT2D eigenvalue weighted by Gasteiger charge is 2.31. The van der Waals surface area contributed by atoms with Gasteiger partial charge in [0.2, 0.25) is 0 Å². The Kier molecular flexibility index (Phi) is 4.19. The van der Waals surface area contributed by atoms with Crippen molar-refractivity contribution in [3.8, 4) is 5.75 Å². The van der Waals surface area contributed by atoms with Crippen molar-refractivity contribution in [2.45, 2.75) is 57.5 Å². The molecule has 1 saturated carbocycles. The lowest BCUT2D eigenvalue weighted by Crippen LogP contribution is -2.35. The third kappa shape index (κ3) is 3.13. The number of hydrogen-bond donors (Lipinski definition) is 1. The Balaban J connectivity index is 1.45. The molecule has 1 unspecified atom stereocenters. The fourth-order valence-electron chi connectivity index (χ4n) is 3.64. The Morgan fingerprint density at radius 3 is 2.84 bits per heavy atom. The van der Waals surface area contributed by atoms with E-state index in [-0.39, 0.29) is 11.9 Å². The van der Waals surface area contributed by atoms with E-state index in [0.29, 0.717) is 11.5 Å². The number of methoxy groups -OCH3 is 1. The molecule has 25 heavy (non-hydrogen) atoms. The number of fused-ring (bicyclic) bond motifs is 1. The quantitative estimate of drug-likeness (QED) is 0.929. The number of nitrogens with one attached hydrogen (secondary N) is 1. The van der Waals surface area contributed by atoms with Crippen LogP contribution >= 0.6 is 0 Å². The van der Waals surface area contributed by atoms with Gasteiger partial charge in [0.15, 0.2) is 0 Å². The molecule has 6 nitrogen and oxygen atoms in total. The van der Waals surface area contributed by atoms with Crippen molar-refractivity contribution in [1.82, 2.24) is 20.1 Å². The highest BCUT2D eigenvalue weighted by atomic mass is 16.5. The maximum absolute atomic E-state index is 12.7. The molecule has 1 aliphatic carbocycles. The van der Waals surface area contributed by atoms with Crippen molar-refractivity contribution in [3.05, 3.63) is 41.0 Å². The summed E-state index contributed by atoms with van der Waals surface area (Å²) in [6.07, 6.45) is 5.14. The van der Waals surface area contributed by atoms with Crippen LogP contribution in [0.25, 0.3) is 0 Å². The van der Waals surface area contributed by atoms with Crippen molar-refractivity contribution in [1.29, 1.82) is 0 Å². The van der Waals surface area contributed by atoms with Gasteiger partial charge in [-0.2, -0.15) is 0 Å². The predicted molar refractivity (Wildman–Crippen MR) is 93.9 cm³/mol. The average Bonchev–Trinajstić information content (AvgIpc) is 3.41. The van der Waals surface area contributed by atoms with Gasteiger partial charge in [-0.05, 0) is 44.7 Å². The van der Waals surface area contributed by atoms with Crippen LogP contribution in [-0.4, -0.2) is 33.8 Å². The smallest absolute Gasteiger partial charge is 0.251 e. The van der Waals surface area contributed by atoms with E-state index in [4.69, 9.17) is 4.74 Å². The molecule has 0 radical (unpaired) electrons. The summed E-state index contributed by atoms with van der Waals surface area (Å²) < 4.78 is 7.60. The molecule has 1 amide bonds. The molecule has 1 N–H and O–H groups in total. The number of rotatable bonds is 4. The van der Waals surface area contributed by atoms with Crippen molar-refractivity contribution in [3.63, 3.8) is 0 Å². The third-order valence-corrected chi connectivity index (χ3v) is 5.30. The summed E-state index contributed by atoms with van der Waals surface area (Å²) in [4.78, 5) is 12.7. The third-order valence-electron chi connectivity index (χ3n) is 5.30. The molecule has 1 aromatic carbocycles. The van der Waals surface area contributed by atoms with Crippen LogP contribution in [0.5, 0.6) is 5.75 Å². The molecule has 4 rings (SSSR count). The van der Waals surface area contributed by atoms with Gasteiger partial charge in [0.1, 0.15) is 17.4 Å². The average molecular weight is 340 g/mol. The summed E-state index contributed by atoms with van der Waals surface area (Å²) >= 11 is 0. The van der Waals surface area contributed by atoms with Gasteiger partial charge < -0.3 is 14.6 Å². The van der Waals surface area contributed by atoms with Gasteiger partial charge in [0.05, 0.1) is 7.11 Å². The standard InChI is InChI=1S/C19H24N4O2/c1-12-15(4-3-5-16(12)25-2)19(24)20-14-8-9-17-21-22-18(13-6-7-13)23(17)11-10-14/h3-5,13-14H,6-11H2,1-2H3,(H,20,24). The first-order chi connectivity index (χ1) is 12.2. The molecule has 1 aliphatic heterocycles. The summed E-state index contributed by atoms with van der Waals surface area (Å²) in [5.74, 6) is 3.53. The Morgan fingerprint density at radius 1 is 1.24 bits per heavy atom. The largest absolute Gasteiger partial charge is 0.496 e. The summed E-state index contributed by atoms with van der Waals surface area (Å²) in [7, 11) is 1.63. The first-order valence-corrected chi connectivity index (χ1v) is 9.04. The number of amides is 1. The van der Waals surface area contributed by atoms with Gasteiger partial charge in [-0.15, -0.1) is 10.2 Å². The lowest BCUT2D eigenvalue weighted by Gasteiger charge is -2.18. The molecule has 132 valence electrons. The van der Waals surface area contributed by atoms with Crippen molar-refractivity contribution in [2.75, 3.05) is 7.11 Å². The lowest BCUT2D eigenvalue weighted by atomic mass is 10.0. The first-order valence-electron chi connectivity index (χ1n) is 9.04. The van der Waals surface area contributed by atoms with Gasteiger partial charge in [0, 0.05) is 36.1 Å². The van der Waals surface area contributed by atoms with E-state index in [1.165, 1.54) is 12.8 Å². The zero-order valence-corrected chi connectivity index (χ0v) is 14.8. The van der Waals surface area contributed by atoms with Gasteiger partial charge in [0.25, 0.3) is 5.91 Å². The molecule has 1 fully saturated rings. The second-order valence-corrected chi connectivity index (χ2v) is 7.03. The predicted octanol–water partition coefficient (Wildman–Crippen LogP) is 2.61. The second kappa shape index (κ2) is 6.50. The maximum atomic E-state index is 12.7. The van der Waals surface area contributed by atoms with Crippen molar-refractivity contribution in [2.24, 2.45) is 0 Å². The van der Waals surface area contributed by atoms with Gasteiger partial charge >= 0.3 is 0 Å². The van der Waals surface area contributed by atoms with Crippen LogP contribution < -0.4 is 10.1 Å². The van der Waals surface area contributed by atoms with E-state index in [1.807, 2.05) is 25.1 Å². The van der Waals surface area contributed by atoms with E-state index in [9.17, 15) is 4.79 Å². The van der Waals surface area contributed by atoms with Crippen LogP contribution in [0, 0.1) is 6.92 Å². The van der Waals surface area contributed by atoms with Gasteiger partial charge in [-0.1, -0.05) is 6.07 Å². The van der Waals surface area contributed by atoms with Gasteiger partial charge in [-0.25, -0.2) is 0 Å². The monoisotopic (exact) mass is 340 g/mol. The minimum absolute atomic E-state index is 0.0264. The second-order valence-electron chi connectivity index (χ2n) is 7.03. The highest BCUT2D eigenvalue weighted by molar-refractivity contribution is 5.96. The van der Waals surface area contributed by atoms with Crippen LogP contribution in [0.2, 0.25) is 0 Å². The van der Waals surface area contributed by atoms with Crippen LogP contribution in [0.3, 0.4) is 0 Å². The number of aryl methyl sites for hydroxylation is 1. The van der Waals surface area contributed by atoms with E-state index in [2.05, 4.69) is 20.1 Å². The number of nitrogens with zero attached hydrogens (tertiary/aromatic N) is 3. The highest BCUT2D eigenvalue weighted by Crippen LogP contribution is 2.39. The van der Waals surface area contributed by atoms with E-state index in [1.54, 1.807) is 7.11 Å². The van der Waals surface area contributed by atoms with Crippen LogP contribution in [0.15, 0.2) is 18.2 Å². The zero-order chi connectivity index (χ0) is 17.4. The minimum Gasteiger partial charge on any atom is -0.496 e. The molecule has 2 aliphatic rings. The number of carbonyl (C=O) groups is 1. The van der Waals surface area contributed by atoms with E-state index >= 15 is 0 Å². The van der Waals surface area contributed by atoms with E-state index < -0.39 is 0 Å². The summed E-state index contributed by atoms with van der Waals surface area (Å²) in [5.41, 5.74) is 1.56. The maximum Gasteiger partial charge on any atom is 0.251 e. The molecule has 2 aromatic rings. The minimum atomic E-state index is -0.0264. The SMILES string of the molecule is COc1cccc(C(=O)NC2CCc3nnc(C4CC4)n3CC2)c1C. The Labute approximate surface area is 147 Å². The first kappa shape index (κ1) is 16.1. The van der Waals surface area contributed by atoms with Crippen molar-refractivity contribution < 1.29 is 9.53 Å². The zero-order valence-electron chi connectivity index (χ0n) is 14.8. The Hall–Kier alpha value is -2.37.